The van der Waals surface area contributed by atoms with Crippen LogP contribution >= 0.6 is 11.8 Å². The molecule has 32 heavy (non-hydrogen) atoms. The second-order valence-corrected chi connectivity index (χ2v) is 10.9. The molecule has 2 amide bonds. The number of hydrogen-bond acceptors (Lipinski definition) is 5. The van der Waals surface area contributed by atoms with Crippen molar-refractivity contribution < 1.29 is 19.1 Å². The zero-order valence-corrected chi connectivity index (χ0v) is 20.5. The molecule has 0 atom stereocenters. The maximum absolute atomic E-state index is 12.2. The lowest BCUT2D eigenvalue weighted by Crippen LogP contribution is -2.33. The van der Waals surface area contributed by atoms with Crippen LogP contribution in [-0.2, 0) is 22.2 Å². The Balaban J connectivity index is 1.83. The molecule has 5 nitrogen and oxygen atoms in total. The minimum Gasteiger partial charge on any atom is -0.496 e. The van der Waals surface area contributed by atoms with Gasteiger partial charge >= 0.3 is 0 Å². The van der Waals surface area contributed by atoms with Crippen molar-refractivity contribution in [1.82, 2.24) is 4.90 Å². The molecule has 6 heteroatoms. The number of amides is 2. The summed E-state index contributed by atoms with van der Waals surface area (Å²) in [5.41, 5.74) is 5.77. The predicted molar refractivity (Wildman–Crippen MR) is 129 cm³/mol. The smallest absolute Gasteiger partial charge is 0.289 e. The standard InChI is InChI=1S/C26H31NO4S/c1-25(2)9-10-26(3,4)20-12-16(7-8-19(20)25)18-11-17(21(30-5)13-22(18)31-6)14-27-23(28)15-32-24(27)29/h7-8,11-13H,9-10,14-15H2,1-6H3. The molecule has 2 aromatic carbocycles. The Kier molecular flexibility index (Phi) is 5.78. The van der Waals surface area contributed by atoms with E-state index in [2.05, 4.69) is 45.9 Å². The van der Waals surface area contributed by atoms with Crippen molar-refractivity contribution in [3.05, 3.63) is 47.0 Å². The van der Waals surface area contributed by atoms with E-state index in [0.29, 0.717) is 11.5 Å². The van der Waals surface area contributed by atoms with Crippen LogP contribution in [0.5, 0.6) is 11.5 Å². The third-order valence-corrected chi connectivity index (χ3v) is 7.79. The number of methoxy groups -OCH3 is 2. The molecular formula is C26H31NO4S. The van der Waals surface area contributed by atoms with E-state index in [1.807, 2.05) is 12.1 Å². The van der Waals surface area contributed by atoms with E-state index in [1.165, 1.54) is 16.0 Å². The number of fused-ring (bicyclic) bond motifs is 1. The molecule has 2 aliphatic rings. The zero-order chi connectivity index (χ0) is 23.3. The summed E-state index contributed by atoms with van der Waals surface area (Å²) in [6.45, 7) is 9.44. The topological polar surface area (TPSA) is 55.8 Å². The first kappa shape index (κ1) is 22.7. The van der Waals surface area contributed by atoms with Gasteiger partial charge in [0, 0.05) is 17.2 Å². The van der Waals surface area contributed by atoms with Gasteiger partial charge in [0.25, 0.3) is 5.24 Å². The largest absolute Gasteiger partial charge is 0.496 e. The second kappa shape index (κ2) is 8.14. The number of carbonyl (C=O) groups excluding carboxylic acids is 2. The van der Waals surface area contributed by atoms with Crippen LogP contribution in [0.1, 0.15) is 57.2 Å². The summed E-state index contributed by atoms with van der Waals surface area (Å²) in [5.74, 6) is 1.33. The Morgan fingerprint density at radius 2 is 1.56 bits per heavy atom. The lowest BCUT2D eigenvalue weighted by molar-refractivity contribution is -0.125. The molecule has 4 rings (SSSR count). The van der Waals surface area contributed by atoms with Crippen molar-refractivity contribution >= 4 is 22.9 Å². The van der Waals surface area contributed by atoms with Crippen LogP contribution in [0, 0.1) is 0 Å². The lowest BCUT2D eigenvalue weighted by atomic mass is 9.63. The van der Waals surface area contributed by atoms with Crippen LogP contribution in [0.25, 0.3) is 11.1 Å². The van der Waals surface area contributed by atoms with Gasteiger partial charge in [0.1, 0.15) is 11.5 Å². The fraction of sp³-hybridized carbons (Fsp3) is 0.462. The van der Waals surface area contributed by atoms with Gasteiger partial charge in [-0.1, -0.05) is 57.7 Å². The van der Waals surface area contributed by atoms with Crippen LogP contribution in [0.2, 0.25) is 0 Å². The average Bonchev–Trinajstić information content (AvgIpc) is 3.08. The van der Waals surface area contributed by atoms with Crippen LogP contribution in [0.4, 0.5) is 4.79 Å². The highest BCUT2D eigenvalue weighted by Gasteiger charge is 2.37. The third kappa shape index (κ3) is 3.90. The highest BCUT2D eigenvalue weighted by molar-refractivity contribution is 8.14. The van der Waals surface area contributed by atoms with Gasteiger partial charge in [-0.3, -0.25) is 14.5 Å². The summed E-state index contributed by atoms with van der Waals surface area (Å²) in [6.07, 6.45) is 2.30. The molecule has 0 spiro atoms. The van der Waals surface area contributed by atoms with Gasteiger partial charge in [-0.15, -0.1) is 0 Å². The van der Waals surface area contributed by atoms with E-state index < -0.39 is 0 Å². The maximum Gasteiger partial charge on any atom is 0.289 e. The maximum atomic E-state index is 12.2. The highest BCUT2D eigenvalue weighted by atomic mass is 32.2. The molecule has 0 N–H and O–H groups in total. The van der Waals surface area contributed by atoms with Crippen molar-refractivity contribution in [1.29, 1.82) is 0 Å². The first-order valence-corrected chi connectivity index (χ1v) is 11.9. The summed E-state index contributed by atoms with van der Waals surface area (Å²) in [4.78, 5) is 25.6. The van der Waals surface area contributed by atoms with E-state index in [1.54, 1.807) is 14.2 Å². The Morgan fingerprint density at radius 1 is 0.906 bits per heavy atom. The van der Waals surface area contributed by atoms with Gasteiger partial charge in [0.15, 0.2) is 0 Å². The van der Waals surface area contributed by atoms with Crippen molar-refractivity contribution in [3.8, 4) is 22.6 Å². The van der Waals surface area contributed by atoms with Crippen LogP contribution in [0.15, 0.2) is 30.3 Å². The zero-order valence-electron chi connectivity index (χ0n) is 19.7. The van der Waals surface area contributed by atoms with Crippen molar-refractivity contribution in [2.24, 2.45) is 0 Å². The molecule has 2 aromatic rings. The summed E-state index contributed by atoms with van der Waals surface area (Å²) >= 11 is 1.04. The molecule has 1 aliphatic heterocycles. The Hall–Kier alpha value is -2.47. The Labute approximate surface area is 194 Å². The molecule has 0 aromatic heterocycles. The lowest BCUT2D eigenvalue weighted by Gasteiger charge is -2.42. The molecule has 0 bridgehead atoms. The van der Waals surface area contributed by atoms with E-state index in [-0.39, 0.29) is 34.3 Å². The van der Waals surface area contributed by atoms with Gasteiger partial charge in [-0.2, -0.15) is 0 Å². The normalized spacial score (nSPS) is 19.1. The third-order valence-electron chi connectivity index (χ3n) is 6.94. The summed E-state index contributed by atoms with van der Waals surface area (Å²) in [7, 11) is 3.23. The van der Waals surface area contributed by atoms with Gasteiger partial charge in [0.2, 0.25) is 5.91 Å². The quantitative estimate of drug-likeness (QED) is 0.563. The number of thioether (sulfide) groups is 1. The van der Waals surface area contributed by atoms with Crippen molar-refractivity contribution in [2.45, 2.75) is 57.9 Å². The van der Waals surface area contributed by atoms with Gasteiger partial charge in [-0.25, -0.2) is 0 Å². The first-order chi connectivity index (χ1) is 15.1. The Morgan fingerprint density at radius 3 is 2.16 bits per heavy atom. The molecule has 0 unspecified atom stereocenters. The first-order valence-electron chi connectivity index (χ1n) is 10.9. The summed E-state index contributed by atoms with van der Waals surface area (Å²) in [6, 6.07) is 10.5. The van der Waals surface area contributed by atoms with E-state index >= 15 is 0 Å². The number of benzene rings is 2. The minimum atomic E-state index is -0.216. The minimum absolute atomic E-state index is 0.0923. The van der Waals surface area contributed by atoms with Crippen LogP contribution < -0.4 is 9.47 Å². The molecule has 1 aliphatic carbocycles. The van der Waals surface area contributed by atoms with Crippen LogP contribution in [-0.4, -0.2) is 36.0 Å². The molecule has 1 saturated heterocycles. The Bertz CT molecular complexity index is 1070. The molecule has 1 fully saturated rings. The second-order valence-electron chi connectivity index (χ2n) is 9.93. The number of carbonyl (C=O) groups is 2. The summed E-state index contributed by atoms with van der Waals surface area (Å²) < 4.78 is 11.3. The number of ether oxygens (including phenoxy) is 2. The van der Waals surface area contributed by atoms with E-state index in [9.17, 15) is 9.59 Å². The summed E-state index contributed by atoms with van der Waals surface area (Å²) in [5, 5.41) is -0.216. The molecular weight excluding hydrogens is 422 g/mol. The molecule has 0 saturated carbocycles. The van der Waals surface area contributed by atoms with Crippen molar-refractivity contribution in [3.63, 3.8) is 0 Å². The highest BCUT2D eigenvalue weighted by Crippen LogP contribution is 2.48. The van der Waals surface area contributed by atoms with E-state index in [4.69, 9.17) is 9.47 Å². The molecule has 0 radical (unpaired) electrons. The number of hydrogen-bond donors (Lipinski definition) is 0. The predicted octanol–water partition coefficient (Wildman–Crippen LogP) is 5.92. The number of imide groups is 1. The van der Waals surface area contributed by atoms with Crippen molar-refractivity contribution in [2.75, 3.05) is 20.0 Å². The van der Waals surface area contributed by atoms with Gasteiger partial charge < -0.3 is 9.47 Å². The van der Waals surface area contributed by atoms with Crippen LogP contribution in [0.3, 0.4) is 0 Å². The average molecular weight is 454 g/mol. The molecule has 170 valence electrons. The SMILES string of the molecule is COc1cc(OC)c(-c2ccc3c(c2)C(C)(C)CCC3(C)C)cc1CN1C(=O)CSC1=O. The number of nitrogens with zero attached hydrogens (tertiary/aromatic N) is 1. The fourth-order valence-electron chi connectivity index (χ4n) is 4.77. The number of rotatable bonds is 5. The van der Waals surface area contributed by atoms with Gasteiger partial charge in [-0.05, 0) is 46.4 Å². The molecule has 1 heterocycles. The fourth-order valence-corrected chi connectivity index (χ4v) is 5.50. The monoisotopic (exact) mass is 453 g/mol. The van der Waals surface area contributed by atoms with E-state index in [0.717, 1.165) is 41.3 Å². The van der Waals surface area contributed by atoms with Gasteiger partial charge in [0.05, 0.1) is 26.5 Å².